The molecule has 126 valence electrons. The summed E-state index contributed by atoms with van der Waals surface area (Å²) in [6.07, 6.45) is 3.51. The highest BCUT2D eigenvalue weighted by molar-refractivity contribution is 5.95. The van der Waals surface area contributed by atoms with Crippen molar-refractivity contribution in [2.24, 2.45) is 0 Å². The van der Waals surface area contributed by atoms with Gasteiger partial charge in [0, 0.05) is 31.0 Å². The molecule has 0 N–H and O–H groups in total. The van der Waals surface area contributed by atoms with Gasteiger partial charge in [-0.3, -0.25) is 4.79 Å². The van der Waals surface area contributed by atoms with Gasteiger partial charge in [-0.15, -0.1) is 10.2 Å². The summed E-state index contributed by atoms with van der Waals surface area (Å²) in [6.45, 7) is 4.51. The van der Waals surface area contributed by atoms with Gasteiger partial charge in [0.15, 0.2) is 0 Å². The van der Waals surface area contributed by atoms with Crippen LogP contribution in [0.4, 0.5) is 4.39 Å². The molecule has 0 aliphatic carbocycles. The lowest BCUT2D eigenvalue weighted by molar-refractivity contribution is 0.0664. The topological polar surface area (TPSA) is 51.0 Å². The number of rotatable bonds is 2. The van der Waals surface area contributed by atoms with Gasteiger partial charge in [-0.1, -0.05) is 13.0 Å². The van der Waals surface area contributed by atoms with Crippen LogP contribution in [-0.2, 0) is 19.4 Å². The summed E-state index contributed by atoms with van der Waals surface area (Å²) in [5, 5.41) is 8.58. The molecule has 1 aromatic heterocycles. The zero-order valence-electron chi connectivity index (χ0n) is 14.0. The fourth-order valence-electron chi connectivity index (χ4n) is 3.96. The minimum atomic E-state index is -0.326. The van der Waals surface area contributed by atoms with Gasteiger partial charge in [0.2, 0.25) is 0 Å². The average Bonchev–Trinajstić information content (AvgIpc) is 3.09. The number of carbonyl (C=O) groups is 1. The van der Waals surface area contributed by atoms with E-state index in [9.17, 15) is 9.18 Å². The van der Waals surface area contributed by atoms with Crippen molar-refractivity contribution in [2.45, 2.75) is 58.2 Å². The van der Waals surface area contributed by atoms with Crippen molar-refractivity contribution in [2.75, 3.05) is 0 Å². The van der Waals surface area contributed by atoms with Crippen molar-refractivity contribution >= 4 is 5.91 Å². The van der Waals surface area contributed by atoms with E-state index in [2.05, 4.69) is 21.7 Å². The third-order valence-electron chi connectivity index (χ3n) is 5.30. The zero-order valence-corrected chi connectivity index (χ0v) is 14.0. The quantitative estimate of drug-likeness (QED) is 0.851. The van der Waals surface area contributed by atoms with Gasteiger partial charge in [-0.25, -0.2) is 4.39 Å². The van der Waals surface area contributed by atoms with Crippen LogP contribution in [0.3, 0.4) is 0 Å². The Morgan fingerprint density at radius 3 is 2.83 bits per heavy atom. The Kier molecular flexibility index (Phi) is 3.62. The lowest BCUT2D eigenvalue weighted by atomic mass is 10.1. The standard InChI is InChI=1S/C18H21FN4O/c1-3-16-20-21-17-9-13-6-7-14(10-22(16)17)23(13)18(24)12-5-4-11(2)15(19)8-12/h4-5,8,13-14H,3,6-7,9-10H2,1-2H3. The van der Waals surface area contributed by atoms with Gasteiger partial charge >= 0.3 is 0 Å². The monoisotopic (exact) mass is 328 g/mol. The number of carbonyl (C=O) groups excluding carboxylic acids is 1. The van der Waals surface area contributed by atoms with Crippen molar-refractivity contribution in [1.29, 1.82) is 0 Å². The van der Waals surface area contributed by atoms with Gasteiger partial charge in [0.25, 0.3) is 5.91 Å². The van der Waals surface area contributed by atoms with E-state index in [1.54, 1.807) is 19.1 Å². The predicted octanol–water partition coefficient (Wildman–Crippen LogP) is 2.52. The Labute approximate surface area is 140 Å². The molecule has 2 aliphatic heterocycles. The molecule has 4 rings (SSSR count). The summed E-state index contributed by atoms with van der Waals surface area (Å²) in [5.41, 5.74) is 0.993. The second-order valence-corrected chi connectivity index (χ2v) is 6.76. The van der Waals surface area contributed by atoms with Crippen LogP contribution in [0.25, 0.3) is 0 Å². The van der Waals surface area contributed by atoms with E-state index in [4.69, 9.17) is 0 Å². The van der Waals surface area contributed by atoms with E-state index in [0.717, 1.165) is 43.9 Å². The summed E-state index contributed by atoms with van der Waals surface area (Å²) in [5.74, 6) is 1.55. The van der Waals surface area contributed by atoms with Crippen LogP contribution in [-0.4, -0.2) is 37.7 Å². The first kappa shape index (κ1) is 15.3. The number of halogens is 1. The Balaban J connectivity index is 1.66. The number of hydrogen-bond donors (Lipinski definition) is 0. The largest absolute Gasteiger partial charge is 0.330 e. The predicted molar refractivity (Wildman–Crippen MR) is 87.2 cm³/mol. The number of aryl methyl sites for hydroxylation is 2. The minimum absolute atomic E-state index is 0.0711. The summed E-state index contributed by atoms with van der Waals surface area (Å²) in [6, 6.07) is 5.02. The normalized spacial score (nSPS) is 22.4. The van der Waals surface area contributed by atoms with Crippen LogP contribution < -0.4 is 0 Å². The SMILES string of the molecule is CCc1nnc2n1CC1CCC(C2)N1C(=O)c1ccc(C)c(F)c1. The van der Waals surface area contributed by atoms with Crippen molar-refractivity contribution < 1.29 is 9.18 Å². The molecule has 5 nitrogen and oxygen atoms in total. The fourth-order valence-corrected chi connectivity index (χ4v) is 3.96. The lowest BCUT2D eigenvalue weighted by Gasteiger charge is -2.28. The summed E-state index contributed by atoms with van der Waals surface area (Å²) in [7, 11) is 0. The Morgan fingerprint density at radius 1 is 1.29 bits per heavy atom. The molecule has 1 saturated heterocycles. The third kappa shape index (κ3) is 2.32. The number of fused-ring (bicyclic) bond motifs is 3. The Morgan fingerprint density at radius 2 is 2.08 bits per heavy atom. The van der Waals surface area contributed by atoms with Gasteiger partial charge in [-0.05, 0) is 37.5 Å². The highest BCUT2D eigenvalue weighted by Crippen LogP contribution is 2.33. The van der Waals surface area contributed by atoms with Gasteiger partial charge < -0.3 is 9.47 Å². The molecule has 2 bridgehead atoms. The van der Waals surface area contributed by atoms with E-state index in [0.29, 0.717) is 11.1 Å². The molecular weight excluding hydrogens is 307 g/mol. The van der Waals surface area contributed by atoms with E-state index in [1.165, 1.54) is 6.07 Å². The molecule has 2 aromatic rings. The minimum Gasteiger partial charge on any atom is -0.330 e. The molecular formula is C18H21FN4O. The third-order valence-corrected chi connectivity index (χ3v) is 5.30. The summed E-state index contributed by atoms with van der Waals surface area (Å²) >= 11 is 0. The van der Waals surface area contributed by atoms with Crippen LogP contribution >= 0.6 is 0 Å². The Hall–Kier alpha value is -2.24. The van der Waals surface area contributed by atoms with Crippen molar-refractivity contribution in [3.8, 4) is 0 Å². The first-order chi connectivity index (χ1) is 11.6. The van der Waals surface area contributed by atoms with Crippen molar-refractivity contribution in [3.05, 3.63) is 46.8 Å². The average molecular weight is 328 g/mol. The molecule has 24 heavy (non-hydrogen) atoms. The molecule has 1 fully saturated rings. The molecule has 2 atom stereocenters. The maximum atomic E-state index is 13.9. The maximum absolute atomic E-state index is 13.9. The molecule has 0 radical (unpaired) electrons. The number of nitrogens with zero attached hydrogens (tertiary/aromatic N) is 4. The van der Waals surface area contributed by atoms with Crippen molar-refractivity contribution in [1.82, 2.24) is 19.7 Å². The molecule has 1 aromatic carbocycles. The van der Waals surface area contributed by atoms with Crippen LogP contribution in [0, 0.1) is 12.7 Å². The van der Waals surface area contributed by atoms with Crippen LogP contribution in [0.1, 0.15) is 47.3 Å². The molecule has 0 spiro atoms. The van der Waals surface area contributed by atoms with Gasteiger partial charge in [0.1, 0.15) is 17.5 Å². The highest BCUT2D eigenvalue weighted by atomic mass is 19.1. The zero-order chi connectivity index (χ0) is 16.8. The molecule has 6 heteroatoms. The highest BCUT2D eigenvalue weighted by Gasteiger charge is 2.41. The number of hydrogen-bond acceptors (Lipinski definition) is 3. The Bertz CT molecular complexity index is 800. The van der Waals surface area contributed by atoms with Crippen LogP contribution in [0.5, 0.6) is 0 Å². The molecule has 0 saturated carbocycles. The molecule has 2 aliphatic rings. The van der Waals surface area contributed by atoms with Crippen LogP contribution in [0.15, 0.2) is 18.2 Å². The number of benzene rings is 1. The first-order valence-electron chi connectivity index (χ1n) is 8.58. The summed E-state index contributed by atoms with van der Waals surface area (Å²) in [4.78, 5) is 15.0. The second-order valence-electron chi connectivity index (χ2n) is 6.76. The van der Waals surface area contributed by atoms with E-state index < -0.39 is 0 Å². The number of aromatic nitrogens is 3. The number of amides is 1. The molecule has 1 amide bonds. The lowest BCUT2D eigenvalue weighted by Crippen LogP contribution is -2.42. The smallest absolute Gasteiger partial charge is 0.254 e. The molecule has 2 unspecified atom stereocenters. The van der Waals surface area contributed by atoms with E-state index >= 15 is 0 Å². The summed E-state index contributed by atoms with van der Waals surface area (Å²) < 4.78 is 16.0. The van der Waals surface area contributed by atoms with Gasteiger partial charge in [0.05, 0.1) is 6.04 Å². The van der Waals surface area contributed by atoms with E-state index in [-0.39, 0.29) is 23.8 Å². The fraction of sp³-hybridized carbons (Fsp3) is 0.500. The van der Waals surface area contributed by atoms with E-state index in [1.807, 2.05) is 4.90 Å². The van der Waals surface area contributed by atoms with Crippen LogP contribution in [0.2, 0.25) is 0 Å². The second kappa shape index (κ2) is 5.69. The maximum Gasteiger partial charge on any atom is 0.254 e. The molecule has 3 heterocycles. The first-order valence-corrected chi connectivity index (χ1v) is 8.58. The van der Waals surface area contributed by atoms with Gasteiger partial charge in [-0.2, -0.15) is 0 Å². The van der Waals surface area contributed by atoms with Crippen molar-refractivity contribution in [3.63, 3.8) is 0 Å².